The molecule has 0 amide bonds. The Kier molecular flexibility index (Phi) is 5.38. The van der Waals surface area contributed by atoms with Gasteiger partial charge in [0.25, 0.3) is 0 Å². The Bertz CT molecular complexity index is 695. The summed E-state index contributed by atoms with van der Waals surface area (Å²) >= 11 is 0. The second-order valence-corrected chi connectivity index (χ2v) is 7.67. The molecule has 1 aromatic carbocycles. The zero-order valence-corrected chi connectivity index (χ0v) is 13.9. The van der Waals surface area contributed by atoms with Gasteiger partial charge in [-0.05, 0) is 25.0 Å². The third kappa shape index (κ3) is 4.29. The summed E-state index contributed by atoms with van der Waals surface area (Å²) in [5.74, 6) is 0. The summed E-state index contributed by atoms with van der Waals surface area (Å²) in [6, 6.07) is 4.44. The maximum Gasteiger partial charge on any atom is 0.310 e. The van der Waals surface area contributed by atoms with Gasteiger partial charge in [-0.2, -0.15) is 0 Å². The number of anilines is 1. The van der Waals surface area contributed by atoms with E-state index in [-0.39, 0.29) is 22.3 Å². The van der Waals surface area contributed by atoms with E-state index in [0.717, 1.165) is 38.7 Å². The van der Waals surface area contributed by atoms with E-state index in [1.165, 1.54) is 12.1 Å². The average Bonchev–Trinajstić information content (AvgIpc) is 2.48. The van der Waals surface area contributed by atoms with E-state index in [1.54, 1.807) is 6.07 Å². The number of benzene rings is 1. The molecule has 1 aromatic rings. The lowest BCUT2D eigenvalue weighted by Crippen LogP contribution is -2.39. The topological polar surface area (TPSA) is 92.6 Å². The van der Waals surface area contributed by atoms with Gasteiger partial charge in [-0.25, -0.2) is 8.42 Å². The van der Waals surface area contributed by atoms with Crippen molar-refractivity contribution >= 4 is 21.2 Å². The van der Waals surface area contributed by atoms with Crippen molar-refractivity contribution in [3.8, 4) is 0 Å². The van der Waals surface area contributed by atoms with Crippen molar-refractivity contribution in [2.24, 2.45) is 0 Å². The van der Waals surface area contributed by atoms with Crippen LogP contribution in [-0.4, -0.2) is 50.2 Å². The van der Waals surface area contributed by atoms with E-state index in [2.05, 4.69) is 16.8 Å². The molecule has 1 aliphatic heterocycles. The summed E-state index contributed by atoms with van der Waals surface area (Å²) < 4.78 is 23.5. The van der Waals surface area contributed by atoms with Crippen LogP contribution in [0.2, 0.25) is 0 Å². The normalized spacial score (nSPS) is 16.9. The smallest absolute Gasteiger partial charge is 0.310 e. The minimum absolute atomic E-state index is 0.0876. The van der Waals surface area contributed by atoms with Crippen LogP contribution in [0.3, 0.4) is 0 Å². The Hall–Kier alpha value is -1.93. The second-order valence-electron chi connectivity index (χ2n) is 5.69. The van der Waals surface area contributed by atoms with Crippen LogP contribution in [0, 0.1) is 10.1 Å². The van der Waals surface area contributed by atoms with E-state index < -0.39 is 14.8 Å². The van der Waals surface area contributed by atoms with Crippen molar-refractivity contribution in [1.29, 1.82) is 0 Å². The lowest BCUT2D eigenvalue weighted by molar-refractivity contribution is -0.386. The molecule has 2 rings (SSSR count). The summed E-state index contributed by atoms with van der Waals surface area (Å²) in [5, 5.41) is 14.5. The molecule has 23 heavy (non-hydrogen) atoms. The molecule has 0 aromatic heterocycles. The number of nitro groups is 1. The van der Waals surface area contributed by atoms with E-state index >= 15 is 0 Å². The lowest BCUT2D eigenvalue weighted by atomic mass is 10.0. The average molecular weight is 339 g/mol. The minimum Gasteiger partial charge on any atom is -0.377 e. The number of nitro benzene ring substituents is 1. The third-order valence-electron chi connectivity index (χ3n) is 3.92. The zero-order valence-electron chi connectivity index (χ0n) is 13.1. The van der Waals surface area contributed by atoms with E-state index in [0.29, 0.717) is 0 Å². The number of piperidine rings is 1. The van der Waals surface area contributed by atoms with Crippen LogP contribution in [0.25, 0.3) is 0 Å². The molecular formula is C15H21N3O4S. The highest BCUT2D eigenvalue weighted by atomic mass is 32.2. The van der Waals surface area contributed by atoms with E-state index in [1.807, 2.05) is 6.08 Å². The van der Waals surface area contributed by atoms with Crippen molar-refractivity contribution in [2.75, 3.05) is 31.2 Å². The predicted molar refractivity (Wildman–Crippen MR) is 89.5 cm³/mol. The van der Waals surface area contributed by atoms with Gasteiger partial charge in [0, 0.05) is 31.9 Å². The molecule has 0 bridgehead atoms. The number of sulfone groups is 1. The van der Waals surface area contributed by atoms with Crippen molar-refractivity contribution in [3.63, 3.8) is 0 Å². The maximum absolute atomic E-state index is 11.8. The minimum atomic E-state index is -3.66. The summed E-state index contributed by atoms with van der Waals surface area (Å²) in [6.45, 7) is 6.30. The number of nitrogens with one attached hydrogen (secondary N) is 1. The lowest BCUT2D eigenvalue weighted by Gasteiger charge is -2.32. The Morgan fingerprint density at radius 2 is 2.09 bits per heavy atom. The van der Waals surface area contributed by atoms with Crippen LogP contribution in [0.15, 0.2) is 35.7 Å². The fourth-order valence-electron chi connectivity index (χ4n) is 2.79. The standard InChI is InChI=1S/C15H21N3O4S/c1-3-9-17-10-7-12(8-11-17)16-13-5-4-6-14(23(2,21)22)15(13)18(19)20/h3-6,12,16H,1,7-11H2,2H3. The fraction of sp³-hybridized carbons (Fsp3) is 0.467. The van der Waals surface area contributed by atoms with Gasteiger partial charge in [0.15, 0.2) is 9.84 Å². The van der Waals surface area contributed by atoms with Crippen LogP contribution in [0.5, 0.6) is 0 Å². The molecule has 126 valence electrons. The summed E-state index contributed by atoms with van der Waals surface area (Å²) in [5.41, 5.74) is -0.108. The van der Waals surface area contributed by atoms with Crippen molar-refractivity contribution in [2.45, 2.75) is 23.8 Å². The first-order chi connectivity index (χ1) is 10.8. The van der Waals surface area contributed by atoms with Crippen LogP contribution in [0.4, 0.5) is 11.4 Å². The molecule has 0 spiro atoms. The molecule has 1 heterocycles. The number of hydrogen-bond donors (Lipinski definition) is 1. The Balaban J connectivity index is 2.21. The molecule has 1 aliphatic rings. The molecule has 8 heteroatoms. The first kappa shape index (κ1) is 17.4. The Morgan fingerprint density at radius 1 is 1.43 bits per heavy atom. The quantitative estimate of drug-likeness (QED) is 0.484. The van der Waals surface area contributed by atoms with Crippen molar-refractivity contribution < 1.29 is 13.3 Å². The molecule has 0 unspecified atom stereocenters. The van der Waals surface area contributed by atoms with Gasteiger partial charge in [-0.15, -0.1) is 6.58 Å². The zero-order chi connectivity index (χ0) is 17.0. The Labute approximate surface area is 136 Å². The molecular weight excluding hydrogens is 318 g/mol. The van der Waals surface area contributed by atoms with Crippen molar-refractivity contribution in [3.05, 3.63) is 41.0 Å². The maximum atomic E-state index is 11.8. The first-order valence-corrected chi connectivity index (χ1v) is 9.29. The van der Waals surface area contributed by atoms with E-state index in [4.69, 9.17) is 0 Å². The molecule has 1 fully saturated rings. The summed E-state index contributed by atoms with van der Waals surface area (Å²) in [6.07, 6.45) is 4.52. The monoisotopic (exact) mass is 339 g/mol. The number of hydrogen-bond acceptors (Lipinski definition) is 6. The van der Waals surface area contributed by atoms with Gasteiger partial charge in [-0.1, -0.05) is 12.1 Å². The van der Waals surface area contributed by atoms with Crippen LogP contribution < -0.4 is 5.32 Å². The van der Waals surface area contributed by atoms with Crippen LogP contribution >= 0.6 is 0 Å². The highest BCUT2D eigenvalue weighted by molar-refractivity contribution is 7.90. The van der Waals surface area contributed by atoms with Gasteiger partial charge < -0.3 is 5.32 Å². The van der Waals surface area contributed by atoms with Gasteiger partial charge in [-0.3, -0.25) is 15.0 Å². The summed E-state index contributed by atoms with van der Waals surface area (Å²) in [7, 11) is -3.66. The number of rotatable bonds is 6. The van der Waals surface area contributed by atoms with Gasteiger partial charge in [0.1, 0.15) is 10.6 Å². The highest BCUT2D eigenvalue weighted by Gasteiger charge is 2.28. The molecule has 0 atom stereocenters. The number of likely N-dealkylation sites (tertiary alicyclic amines) is 1. The molecule has 1 N–H and O–H groups in total. The molecule has 7 nitrogen and oxygen atoms in total. The SMILES string of the molecule is C=CCN1CCC(Nc2cccc(S(C)(=O)=O)c2[N+](=O)[O-])CC1. The van der Waals surface area contributed by atoms with Crippen LogP contribution in [0.1, 0.15) is 12.8 Å². The molecule has 0 saturated carbocycles. The molecule has 0 aliphatic carbocycles. The fourth-order valence-corrected chi connectivity index (χ4v) is 3.65. The first-order valence-electron chi connectivity index (χ1n) is 7.40. The molecule has 1 saturated heterocycles. The summed E-state index contributed by atoms with van der Waals surface area (Å²) in [4.78, 5) is 12.7. The largest absolute Gasteiger partial charge is 0.377 e. The Morgan fingerprint density at radius 3 is 2.61 bits per heavy atom. The van der Waals surface area contributed by atoms with Crippen molar-refractivity contribution in [1.82, 2.24) is 4.90 Å². The predicted octanol–water partition coefficient (Wildman–Crippen LogP) is 2.06. The van der Waals surface area contributed by atoms with E-state index in [9.17, 15) is 18.5 Å². The molecule has 0 radical (unpaired) electrons. The van der Waals surface area contributed by atoms with Gasteiger partial charge in [0.2, 0.25) is 0 Å². The van der Waals surface area contributed by atoms with Gasteiger partial charge in [0.05, 0.1) is 4.92 Å². The second kappa shape index (κ2) is 7.10. The van der Waals surface area contributed by atoms with Gasteiger partial charge >= 0.3 is 5.69 Å². The third-order valence-corrected chi connectivity index (χ3v) is 5.04. The number of nitrogens with zero attached hydrogens (tertiary/aromatic N) is 2. The highest BCUT2D eigenvalue weighted by Crippen LogP contribution is 2.33. The van der Waals surface area contributed by atoms with Crippen LogP contribution in [-0.2, 0) is 9.84 Å². The number of para-hydroxylation sites is 1.